The maximum absolute atomic E-state index is 11.7. The van der Waals surface area contributed by atoms with E-state index in [-0.39, 0.29) is 16.7 Å². The summed E-state index contributed by atoms with van der Waals surface area (Å²) in [5.41, 5.74) is 4.18. The molecule has 146 valence electrons. The molecule has 0 heterocycles. The van der Waals surface area contributed by atoms with Crippen LogP contribution in [-0.2, 0) is 20.4 Å². The lowest BCUT2D eigenvalue weighted by Crippen LogP contribution is -2.44. The molecule has 26 heavy (non-hydrogen) atoms. The zero-order chi connectivity index (χ0) is 20.3. The third-order valence-corrected chi connectivity index (χ3v) is 4.56. The lowest BCUT2D eigenvalue weighted by atomic mass is 9.76. The van der Waals surface area contributed by atoms with Crippen molar-refractivity contribution in [3.8, 4) is 5.75 Å². The van der Waals surface area contributed by atoms with Gasteiger partial charge in [-0.25, -0.2) is 5.84 Å². The second kappa shape index (κ2) is 8.08. The first kappa shape index (κ1) is 22.0. The Hall–Kier alpha value is -2.08. The van der Waals surface area contributed by atoms with Gasteiger partial charge in [-0.1, -0.05) is 60.6 Å². The molecule has 0 saturated heterocycles. The van der Waals surface area contributed by atoms with Gasteiger partial charge in [-0.15, -0.1) is 0 Å². The van der Waals surface area contributed by atoms with Gasteiger partial charge in [-0.2, -0.15) is 0 Å². The number of amides is 2. The fourth-order valence-corrected chi connectivity index (χ4v) is 2.90. The molecule has 0 aromatic heterocycles. The molecule has 0 aliphatic carbocycles. The van der Waals surface area contributed by atoms with E-state index < -0.39 is 11.8 Å². The summed E-state index contributed by atoms with van der Waals surface area (Å²) in [6.45, 7) is 14.7. The predicted octanol–water partition coefficient (Wildman–Crippen LogP) is 2.59. The minimum absolute atomic E-state index is 0.0207. The van der Waals surface area contributed by atoms with E-state index >= 15 is 0 Å². The van der Waals surface area contributed by atoms with Crippen molar-refractivity contribution < 1.29 is 14.7 Å². The maximum Gasteiger partial charge on any atom is 0.323 e. The number of phenols is 1. The SMILES string of the molecule is CCC(CNC(=O)C(=O)NN)c1cc(C(C)(C)C)c(O)c(C(C)(C)C)c1. The molecular weight excluding hydrogens is 330 g/mol. The first-order valence-electron chi connectivity index (χ1n) is 8.99. The monoisotopic (exact) mass is 363 g/mol. The molecule has 6 heteroatoms. The summed E-state index contributed by atoms with van der Waals surface area (Å²) in [5.74, 6) is 3.72. The number of carbonyl (C=O) groups excluding carboxylic acids is 2. The quantitative estimate of drug-likeness (QED) is 0.286. The summed E-state index contributed by atoms with van der Waals surface area (Å²) in [4.78, 5) is 23.0. The molecule has 0 radical (unpaired) electrons. The standard InChI is InChI=1S/C20H33N3O3/c1-8-12(11-22-17(25)18(26)23-21)13-9-14(19(2,3)4)16(24)15(10-13)20(5,6)7/h9-10,12,24H,8,11,21H2,1-7H3,(H,22,25)(H,23,26). The molecule has 1 rings (SSSR count). The van der Waals surface area contributed by atoms with Gasteiger partial charge in [0.2, 0.25) is 0 Å². The van der Waals surface area contributed by atoms with Gasteiger partial charge in [0.25, 0.3) is 0 Å². The van der Waals surface area contributed by atoms with Crippen molar-refractivity contribution in [3.63, 3.8) is 0 Å². The molecule has 1 atom stereocenters. The predicted molar refractivity (Wildman–Crippen MR) is 104 cm³/mol. The molecular formula is C20H33N3O3. The minimum atomic E-state index is -0.865. The second-order valence-corrected chi connectivity index (χ2v) is 8.75. The average molecular weight is 364 g/mol. The van der Waals surface area contributed by atoms with Crippen molar-refractivity contribution in [1.82, 2.24) is 10.7 Å². The highest BCUT2D eigenvalue weighted by Crippen LogP contribution is 2.41. The van der Waals surface area contributed by atoms with Crippen LogP contribution in [-0.4, -0.2) is 23.5 Å². The lowest BCUT2D eigenvalue weighted by Gasteiger charge is -2.30. The van der Waals surface area contributed by atoms with Gasteiger partial charge >= 0.3 is 11.8 Å². The number of rotatable bonds is 4. The van der Waals surface area contributed by atoms with Gasteiger partial charge < -0.3 is 10.4 Å². The number of aromatic hydroxyl groups is 1. The smallest absolute Gasteiger partial charge is 0.323 e. The highest BCUT2D eigenvalue weighted by Gasteiger charge is 2.28. The van der Waals surface area contributed by atoms with E-state index in [9.17, 15) is 14.7 Å². The second-order valence-electron chi connectivity index (χ2n) is 8.75. The lowest BCUT2D eigenvalue weighted by molar-refractivity contribution is -0.139. The van der Waals surface area contributed by atoms with E-state index in [1.165, 1.54) is 0 Å². The van der Waals surface area contributed by atoms with Gasteiger partial charge in [0.15, 0.2) is 0 Å². The minimum Gasteiger partial charge on any atom is -0.507 e. The summed E-state index contributed by atoms with van der Waals surface area (Å²) in [6.07, 6.45) is 0.780. The number of hydrogen-bond donors (Lipinski definition) is 4. The fourth-order valence-electron chi connectivity index (χ4n) is 2.90. The number of phenolic OH excluding ortho intramolecular Hbond substituents is 1. The van der Waals surface area contributed by atoms with E-state index in [0.717, 1.165) is 23.1 Å². The molecule has 0 bridgehead atoms. The number of nitrogens with two attached hydrogens (primary N) is 1. The maximum atomic E-state index is 11.7. The highest BCUT2D eigenvalue weighted by atomic mass is 16.3. The summed E-state index contributed by atoms with van der Waals surface area (Å²) in [6, 6.07) is 4.02. The van der Waals surface area contributed by atoms with Gasteiger partial charge in [0, 0.05) is 12.5 Å². The van der Waals surface area contributed by atoms with E-state index in [0.29, 0.717) is 12.3 Å². The Morgan fingerprint density at radius 1 is 1.04 bits per heavy atom. The molecule has 0 aliphatic rings. The number of hydrogen-bond acceptors (Lipinski definition) is 4. The third-order valence-electron chi connectivity index (χ3n) is 4.56. The summed E-state index contributed by atoms with van der Waals surface area (Å²) in [5, 5.41) is 13.4. The molecule has 1 unspecified atom stereocenters. The van der Waals surface area contributed by atoms with Crippen LogP contribution in [0.1, 0.15) is 77.5 Å². The van der Waals surface area contributed by atoms with Gasteiger partial charge in [0.05, 0.1) is 0 Å². The molecule has 5 N–H and O–H groups in total. The van der Waals surface area contributed by atoms with Gasteiger partial charge in [-0.3, -0.25) is 15.0 Å². The van der Waals surface area contributed by atoms with Gasteiger partial charge in [0.1, 0.15) is 5.75 Å². The summed E-state index contributed by atoms with van der Waals surface area (Å²) < 4.78 is 0. The number of carbonyl (C=O) groups is 2. The molecule has 0 saturated carbocycles. The zero-order valence-corrected chi connectivity index (χ0v) is 17.0. The van der Waals surface area contributed by atoms with Crippen LogP contribution in [0.4, 0.5) is 0 Å². The van der Waals surface area contributed by atoms with Gasteiger partial charge in [-0.05, 0) is 33.9 Å². The van der Waals surface area contributed by atoms with Crippen molar-refractivity contribution in [1.29, 1.82) is 0 Å². The summed E-state index contributed by atoms with van der Waals surface area (Å²) in [7, 11) is 0. The van der Waals surface area contributed by atoms with Crippen molar-refractivity contribution in [2.45, 2.75) is 71.6 Å². The summed E-state index contributed by atoms with van der Waals surface area (Å²) >= 11 is 0. The van der Waals surface area contributed by atoms with Crippen LogP contribution in [0, 0.1) is 0 Å². The first-order valence-corrected chi connectivity index (χ1v) is 8.99. The topological polar surface area (TPSA) is 104 Å². The van der Waals surface area contributed by atoms with Crippen LogP contribution < -0.4 is 16.6 Å². The van der Waals surface area contributed by atoms with Crippen LogP contribution in [0.25, 0.3) is 0 Å². The van der Waals surface area contributed by atoms with Crippen molar-refractivity contribution in [3.05, 3.63) is 28.8 Å². The molecule has 6 nitrogen and oxygen atoms in total. The van der Waals surface area contributed by atoms with E-state index in [1.807, 2.05) is 24.5 Å². The Morgan fingerprint density at radius 3 is 1.85 bits per heavy atom. The van der Waals surface area contributed by atoms with Crippen molar-refractivity contribution in [2.75, 3.05) is 6.54 Å². The molecule has 1 aromatic carbocycles. The van der Waals surface area contributed by atoms with E-state index in [1.54, 1.807) is 0 Å². The van der Waals surface area contributed by atoms with Crippen LogP contribution in [0.15, 0.2) is 12.1 Å². The highest BCUT2D eigenvalue weighted by molar-refractivity contribution is 6.34. The third kappa shape index (κ3) is 5.21. The Bertz CT molecular complexity index is 635. The fraction of sp³-hybridized carbons (Fsp3) is 0.600. The molecule has 2 amide bonds. The van der Waals surface area contributed by atoms with E-state index in [4.69, 9.17) is 5.84 Å². The Labute approximate surface area is 156 Å². The Morgan fingerprint density at radius 2 is 1.50 bits per heavy atom. The first-order chi connectivity index (χ1) is 11.8. The van der Waals surface area contributed by atoms with Crippen LogP contribution in [0.3, 0.4) is 0 Å². The Balaban J connectivity index is 3.32. The van der Waals surface area contributed by atoms with Crippen LogP contribution in [0.2, 0.25) is 0 Å². The van der Waals surface area contributed by atoms with Crippen molar-refractivity contribution >= 4 is 11.8 Å². The number of benzene rings is 1. The molecule has 0 spiro atoms. The molecule has 1 aromatic rings. The zero-order valence-electron chi connectivity index (χ0n) is 17.0. The van der Waals surface area contributed by atoms with Crippen LogP contribution in [0.5, 0.6) is 5.75 Å². The Kier molecular flexibility index (Phi) is 6.82. The molecule has 0 aliphatic heterocycles. The normalized spacial score (nSPS) is 13.2. The number of nitrogens with one attached hydrogen (secondary N) is 2. The largest absolute Gasteiger partial charge is 0.507 e. The van der Waals surface area contributed by atoms with Crippen LogP contribution >= 0.6 is 0 Å². The number of hydrazine groups is 1. The van der Waals surface area contributed by atoms with Crippen molar-refractivity contribution in [2.24, 2.45) is 5.84 Å². The average Bonchev–Trinajstić information content (AvgIpc) is 2.53. The van der Waals surface area contributed by atoms with E-state index in [2.05, 4.69) is 46.9 Å². The molecule has 0 fully saturated rings.